The molecule has 15 heteroatoms. The normalized spacial score (nSPS) is 12.2. The molecule has 0 saturated heterocycles. The summed E-state index contributed by atoms with van der Waals surface area (Å²) < 4.78 is 96.9. The van der Waals surface area contributed by atoms with E-state index in [1.54, 1.807) is 0 Å². The molecule has 0 heterocycles. The maximum atomic E-state index is 11.7. The molecule has 0 aliphatic rings. The standard InChI is InChI=1S/C18H17N3O9S3/c22-31(23,24)15-10-8-14(9-11-15)21(19-13-4-3-5-16(12-13)32(25,26)27)20-17-6-1-2-7-18(17)33(28,29)30/h1-12,19-20H,(H,22,23,24)(H,25,26,27)(H,28,29,30). The van der Waals surface area contributed by atoms with Gasteiger partial charge in [0.25, 0.3) is 30.4 Å². The number of nitrogens with zero attached hydrogens (tertiary/aromatic N) is 1. The van der Waals surface area contributed by atoms with Crippen LogP contribution in [-0.2, 0) is 30.4 Å². The molecule has 3 aromatic rings. The molecule has 0 aliphatic carbocycles. The molecular weight excluding hydrogens is 498 g/mol. The van der Waals surface area contributed by atoms with Gasteiger partial charge in [-0.05, 0) is 54.6 Å². The van der Waals surface area contributed by atoms with Gasteiger partial charge in [0.2, 0.25) is 0 Å². The van der Waals surface area contributed by atoms with Crippen LogP contribution in [0.3, 0.4) is 0 Å². The van der Waals surface area contributed by atoms with Crippen LogP contribution in [0.4, 0.5) is 17.1 Å². The first-order chi connectivity index (χ1) is 15.2. The second-order valence-corrected chi connectivity index (χ2v) is 10.7. The molecule has 0 atom stereocenters. The van der Waals surface area contributed by atoms with Crippen LogP contribution in [-0.4, -0.2) is 38.9 Å². The summed E-state index contributed by atoms with van der Waals surface area (Å²) in [6.07, 6.45) is 0. The number of anilines is 3. The number of benzene rings is 3. The third-order valence-electron chi connectivity index (χ3n) is 4.16. The molecule has 0 saturated carbocycles. The lowest BCUT2D eigenvalue weighted by atomic mass is 10.3. The average Bonchev–Trinajstić information content (AvgIpc) is 2.72. The van der Waals surface area contributed by atoms with Crippen molar-refractivity contribution in [1.29, 1.82) is 0 Å². The molecule has 33 heavy (non-hydrogen) atoms. The van der Waals surface area contributed by atoms with Gasteiger partial charge in [-0.15, -0.1) is 0 Å². The molecule has 3 aromatic carbocycles. The van der Waals surface area contributed by atoms with Gasteiger partial charge in [0, 0.05) is 0 Å². The number of para-hydroxylation sites is 1. The Morgan fingerprint density at radius 2 is 1.21 bits per heavy atom. The lowest BCUT2D eigenvalue weighted by Gasteiger charge is -2.28. The maximum absolute atomic E-state index is 11.7. The highest BCUT2D eigenvalue weighted by molar-refractivity contribution is 7.86. The number of hydrazine groups is 2. The lowest BCUT2D eigenvalue weighted by Crippen LogP contribution is -2.36. The fourth-order valence-electron chi connectivity index (χ4n) is 2.68. The van der Waals surface area contributed by atoms with Gasteiger partial charge in [0.1, 0.15) is 4.90 Å². The Balaban J connectivity index is 2.06. The Labute approximate surface area is 189 Å². The monoisotopic (exact) mass is 515 g/mol. The van der Waals surface area contributed by atoms with Gasteiger partial charge >= 0.3 is 0 Å². The molecule has 5 N–H and O–H groups in total. The van der Waals surface area contributed by atoms with E-state index in [9.17, 15) is 38.9 Å². The third-order valence-corrected chi connectivity index (χ3v) is 6.79. The number of hydrogen-bond donors (Lipinski definition) is 5. The van der Waals surface area contributed by atoms with E-state index < -0.39 is 45.0 Å². The minimum absolute atomic E-state index is 0.0858. The summed E-state index contributed by atoms with van der Waals surface area (Å²) in [5.41, 5.74) is 5.67. The van der Waals surface area contributed by atoms with E-state index in [4.69, 9.17) is 0 Å². The van der Waals surface area contributed by atoms with E-state index in [0.717, 1.165) is 35.4 Å². The van der Waals surface area contributed by atoms with Crippen molar-refractivity contribution < 1.29 is 38.9 Å². The van der Waals surface area contributed by atoms with Gasteiger partial charge in [0.05, 0.1) is 26.9 Å². The molecule has 0 fully saturated rings. The Kier molecular flexibility index (Phi) is 6.64. The molecule has 12 nitrogen and oxygen atoms in total. The van der Waals surface area contributed by atoms with Crippen LogP contribution < -0.4 is 16.0 Å². The van der Waals surface area contributed by atoms with E-state index in [1.807, 2.05) is 0 Å². The second-order valence-electron chi connectivity index (χ2n) is 6.50. The molecular formula is C18H17N3O9S3. The third kappa shape index (κ3) is 6.19. The minimum Gasteiger partial charge on any atom is -0.282 e. The summed E-state index contributed by atoms with van der Waals surface area (Å²) in [5.74, 6) is 0. The SMILES string of the molecule is O=S(=O)(O)c1ccc(N(Nc2cccc(S(=O)(=O)O)c2)Nc2ccccc2S(=O)(=O)O)cc1. The Morgan fingerprint density at radius 3 is 1.79 bits per heavy atom. The Hall–Kier alpha value is -3.21. The summed E-state index contributed by atoms with van der Waals surface area (Å²) in [5, 5.41) is 1.10. The molecule has 0 unspecified atom stereocenters. The van der Waals surface area contributed by atoms with Crippen LogP contribution in [0.15, 0.2) is 87.5 Å². The summed E-state index contributed by atoms with van der Waals surface area (Å²) in [6, 6.07) is 15.0. The molecule has 3 rings (SSSR count). The molecule has 0 radical (unpaired) electrons. The number of rotatable bonds is 8. The fraction of sp³-hybridized carbons (Fsp3) is 0. The van der Waals surface area contributed by atoms with E-state index in [0.29, 0.717) is 0 Å². The minimum atomic E-state index is -4.63. The van der Waals surface area contributed by atoms with E-state index >= 15 is 0 Å². The Morgan fingerprint density at radius 1 is 0.606 bits per heavy atom. The van der Waals surface area contributed by atoms with Gasteiger partial charge < -0.3 is 0 Å². The molecule has 0 spiro atoms. The second kappa shape index (κ2) is 8.97. The van der Waals surface area contributed by atoms with Crippen molar-refractivity contribution >= 4 is 47.4 Å². The fourth-order valence-corrected chi connectivity index (χ4v) is 4.33. The molecule has 0 aliphatic heterocycles. The van der Waals surface area contributed by atoms with Gasteiger partial charge in [-0.2, -0.15) is 30.4 Å². The van der Waals surface area contributed by atoms with Crippen molar-refractivity contribution in [3.05, 3.63) is 72.8 Å². The van der Waals surface area contributed by atoms with Crippen molar-refractivity contribution in [3.63, 3.8) is 0 Å². The maximum Gasteiger partial charge on any atom is 0.296 e. The molecule has 0 amide bonds. The van der Waals surface area contributed by atoms with Crippen molar-refractivity contribution in [2.75, 3.05) is 16.0 Å². The van der Waals surface area contributed by atoms with E-state index in [2.05, 4.69) is 10.9 Å². The molecule has 0 bridgehead atoms. The predicted molar refractivity (Wildman–Crippen MR) is 118 cm³/mol. The summed E-state index contributed by atoms with van der Waals surface area (Å²) in [6.45, 7) is 0. The first-order valence-corrected chi connectivity index (χ1v) is 13.1. The number of nitrogens with one attached hydrogen (secondary N) is 2. The van der Waals surface area contributed by atoms with Crippen LogP contribution in [0.25, 0.3) is 0 Å². The largest absolute Gasteiger partial charge is 0.296 e. The van der Waals surface area contributed by atoms with Gasteiger partial charge in [0.15, 0.2) is 0 Å². The van der Waals surface area contributed by atoms with E-state index in [1.165, 1.54) is 42.5 Å². The van der Waals surface area contributed by atoms with Gasteiger partial charge in [-0.3, -0.25) is 24.5 Å². The average molecular weight is 516 g/mol. The van der Waals surface area contributed by atoms with Gasteiger partial charge in [-0.1, -0.05) is 18.2 Å². The predicted octanol–water partition coefficient (Wildman–Crippen LogP) is 2.29. The highest BCUT2D eigenvalue weighted by atomic mass is 32.2. The van der Waals surface area contributed by atoms with Crippen molar-refractivity contribution in [1.82, 2.24) is 0 Å². The summed E-state index contributed by atoms with van der Waals surface area (Å²) in [7, 11) is -13.6. The smallest absolute Gasteiger partial charge is 0.282 e. The van der Waals surface area contributed by atoms with Crippen molar-refractivity contribution in [3.8, 4) is 0 Å². The van der Waals surface area contributed by atoms with E-state index in [-0.39, 0.29) is 17.1 Å². The summed E-state index contributed by atoms with van der Waals surface area (Å²) in [4.78, 5) is -1.30. The van der Waals surface area contributed by atoms with Crippen LogP contribution in [0, 0.1) is 0 Å². The number of hydrogen-bond acceptors (Lipinski definition) is 9. The molecule has 176 valence electrons. The first-order valence-electron chi connectivity index (χ1n) is 8.80. The summed E-state index contributed by atoms with van der Waals surface area (Å²) >= 11 is 0. The Bertz CT molecular complexity index is 1490. The molecule has 0 aromatic heterocycles. The van der Waals surface area contributed by atoms with Crippen LogP contribution in [0.5, 0.6) is 0 Å². The van der Waals surface area contributed by atoms with Crippen LogP contribution in [0.1, 0.15) is 0 Å². The zero-order valence-electron chi connectivity index (χ0n) is 16.4. The zero-order chi connectivity index (χ0) is 24.4. The van der Waals surface area contributed by atoms with Gasteiger partial charge in [-0.25, -0.2) is 0 Å². The van der Waals surface area contributed by atoms with Crippen LogP contribution >= 0.6 is 0 Å². The van der Waals surface area contributed by atoms with Crippen molar-refractivity contribution in [2.24, 2.45) is 0 Å². The first kappa shape index (κ1) is 24.4. The van der Waals surface area contributed by atoms with Crippen LogP contribution in [0.2, 0.25) is 0 Å². The zero-order valence-corrected chi connectivity index (χ0v) is 18.8. The quantitative estimate of drug-likeness (QED) is 0.218. The van der Waals surface area contributed by atoms with Crippen molar-refractivity contribution in [2.45, 2.75) is 14.7 Å². The lowest BCUT2D eigenvalue weighted by molar-refractivity contribution is 0.481. The topological polar surface area (TPSA) is 190 Å². The highest BCUT2D eigenvalue weighted by Gasteiger charge is 2.19. The highest BCUT2D eigenvalue weighted by Crippen LogP contribution is 2.26.